The average Bonchev–Trinajstić information content (AvgIpc) is 2.58. The monoisotopic (exact) mass is 236 g/mol. The van der Waals surface area contributed by atoms with Crippen molar-refractivity contribution < 1.29 is 9.53 Å². The molecule has 2 nitrogen and oxygen atoms in total. The first-order valence-corrected chi connectivity index (χ1v) is 5.86. The summed E-state index contributed by atoms with van der Waals surface area (Å²) in [6.45, 7) is 0.531. The van der Waals surface area contributed by atoms with Gasteiger partial charge in [-0.3, -0.25) is 4.79 Å². The second-order valence-electron chi connectivity index (χ2n) is 4.16. The second-order valence-corrected chi connectivity index (χ2v) is 4.16. The Morgan fingerprint density at radius 2 is 1.67 bits per heavy atom. The maximum absolute atomic E-state index is 10.9. The third-order valence-electron chi connectivity index (χ3n) is 3.10. The van der Waals surface area contributed by atoms with Gasteiger partial charge in [0.25, 0.3) is 0 Å². The fourth-order valence-corrected chi connectivity index (χ4v) is 2.27. The van der Waals surface area contributed by atoms with E-state index in [0.717, 1.165) is 34.3 Å². The molecule has 18 heavy (non-hydrogen) atoms. The summed E-state index contributed by atoms with van der Waals surface area (Å²) in [5.74, 6) is 0.821. The fourth-order valence-electron chi connectivity index (χ4n) is 2.27. The van der Waals surface area contributed by atoms with E-state index in [-0.39, 0.29) is 0 Å². The predicted molar refractivity (Wildman–Crippen MR) is 70.4 cm³/mol. The molecule has 0 aromatic heterocycles. The molecule has 0 saturated carbocycles. The van der Waals surface area contributed by atoms with Crippen molar-refractivity contribution in [3.8, 4) is 5.75 Å². The van der Waals surface area contributed by atoms with Crippen LogP contribution in [0.5, 0.6) is 5.75 Å². The SMILES string of the molecule is O=C/C=C1\c2ccccc2COc2ccccc21. The van der Waals surface area contributed by atoms with Crippen molar-refractivity contribution in [1.82, 2.24) is 0 Å². The molecule has 0 radical (unpaired) electrons. The first-order valence-electron chi connectivity index (χ1n) is 5.86. The zero-order valence-corrected chi connectivity index (χ0v) is 9.80. The van der Waals surface area contributed by atoms with E-state index in [2.05, 4.69) is 0 Å². The highest BCUT2D eigenvalue weighted by Crippen LogP contribution is 2.35. The fraction of sp³-hybridized carbons (Fsp3) is 0.0625. The Balaban J connectivity index is 2.28. The molecular weight excluding hydrogens is 224 g/mol. The zero-order chi connectivity index (χ0) is 12.4. The lowest BCUT2D eigenvalue weighted by molar-refractivity contribution is -0.104. The van der Waals surface area contributed by atoms with Crippen LogP contribution in [0.25, 0.3) is 5.57 Å². The van der Waals surface area contributed by atoms with Crippen LogP contribution in [-0.2, 0) is 11.4 Å². The van der Waals surface area contributed by atoms with E-state index >= 15 is 0 Å². The standard InChI is InChI=1S/C16H12O2/c17-10-9-14-13-6-2-1-5-12(13)11-18-16-8-4-3-7-15(14)16/h1-10H,11H2/b14-9+. The molecule has 0 atom stereocenters. The summed E-state index contributed by atoms with van der Waals surface area (Å²) in [6, 6.07) is 15.8. The number of aldehydes is 1. The molecule has 0 unspecified atom stereocenters. The van der Waals surface area contributed by atoms with Gasteiger partial charge in [0.15, 0.2) is 0 Å². The van der Waals surface area contributed by atoms with E-state index in [9.17, 15) is 4.79 Å². The summed E-state index contributed by atoms with van der Waals surface area (Å²) >= 11 is 0. The van der Waals surface area contributed by atoms with Gasteiger partial charge in [-0.15, -0.1) is 0 Å². The molecule has 88 valence electrons. The normalized spacial score (nSPS) is 15.2. The molecule has 3 rings (SSSR count). The van der Waals surface area contributed by atoms with Crippen LogP contribution >= 0.6 is 0 Å². The lowest BCUT2D eigenvalue weighted by atomic mass is 9.94. The van der Waals surface area contributed by atoms with Crippen LogP contribution in [0, 0.1) is 0 Å². The van der Waals surface area contributed by atoms with E-state index in [1.54, 1.807) is 6.08 Å². The highest BCUT2D eigenvalue weighted by Gasteiger charge is 2.17. The maximum Gasteiger partial charge on any atom is 0.143 e. The number of hydrogen-bond acceptors (Lipinski definition) is 2. The summed E-state index contributed by atoms with van der Waals surface area (Å²) in [6.07, 6.45) is 2.43. The van der Waals surface area contributed by atoms with Crippen molar-refractivity contribution in [2.45, 2.75) is 6.61 Å². The Morgan fingerprint density at radius 1 is 0.944 bits per heavy atom. The third-order valence-corrected chi connectivity index (χ3v) is 3.10. The smallest absolute Gasteiger partial charge is 0.143 e. The Hall–Kier alpha value is -2.35. The number of para-hydroxylation sites is 1. The van der Waals surface area contributed by atoms with Gasteiger partial charge >= 0.3 is 0 Å². The summed E-state index contributed by atoms with van der Waals surface area (Å²) in [4.78, 5) is 10.9. The Labute approximate surface area is 106 Å². The molecule has 0 aliphatic carbocycles. The van der Waals surface area contributed by atoms with E-state index in [1.807, 2.05) is 48.5 Å². The number of carbonyl (C=O) groups is 1. The zero-order valence-electron chi connectivity index (χ0n) is 9.80. The molecule has 2 aromatic carbocycles. The molecule has 2 aromatic rings. The molecule has 1 heterocycles. The van der Waals surface area contributed by atoms with Crippen molar-refractivity contribution in [2.75, 3.05) is 0 Å². The minimum Gasteiger partial charge on any atom is -0.488 e. The largest absolute Gasteiger partial charge is 0.488 e. The minimum atomic E-state index is 0.531. The van der Waals surface area contributed by atoms with E-state index in [1.165, 1.54) is 0 Å². The van der Waals surface area contributed by atoms with Gasteiger partial charge in [0.2, 0.25) is 0 Å². The number of allylic oxidation sites excluding steroid dienone is 1. The van der Waals surface area contributed by atoms with Crippen LogP contribution in [0.3, 0.4) is 0 Å². The van der Waals surface area contributed by atoms with E-state index in [0.29, 0.717) is 6.61 Å². The van der Waals surface area contributed by atoms with Crippen molar-refractivity contribution in [3.05, 3.63) is 71.3 Å². The first kappa shape index (κ1) is 10.8. The second kappa shape index (κ2) is 4.49. The third kappa shape index (κ3) is 1.72. The van der Waals surface area contributed by atoms with Gasteiger partial charge in [-0.2, -0.15) is 0 Å². The topological polar surface area (TPSA) is 26.3 Å². The van der Waals surface area contributed by atoms with E-state index < -0.39 is 0 Å². The number of ether oxygens (including phenoxy) is 1. The van der Waals surface area contributed by atoms with Crippen molar-refractivity contribution >= 4 is 11.9 Å². The van der Waals surface area contributed by atoms with Crippen molar-refractivity contribution in [1.29, 1.82) is 0 Å². The van der Waals surface area contributed by atoms with Crippen LogP contribution in [-0.4, -0.2) is 6.29 Å². The van der Waals surface area contributed by atoms with Crippen molar-refractivity contribution in [2.24, 2.45) is 0 Å². The van der Waals surface area contributed by atoms with Gasteiger partial charge in [0, 0.05) is 5.56 Å². The minimum absolute atomic E-state index is 0.531. The molecular formula is C16H12O2. The molecule has 0 bridgehead atoms. The molecule has 0 N–H and O–H groups in total. The van der Waals surface area contributed by atoms with Gasteiger partial charge in [0.1, 0.15) is 18.6 Å². The molecule has 2 heteroatoms. The van der Waals surface area contributed by atoms with Gasteiger partial charge in [-0.25, -0.2) is 0 Å². The van der Waals surface area contributed by atoms with Gasteiger partial charge in [-0.1, -0.05) is 42.5 Å². The van der Waals surface area contributed by atoms with Crippen molar-refractivity contribution in [3.63, 3.8) is 0 Å². The molecule has 0 spiro atoms. The van der Waals surface area contributed by atoms with Gasteiger partial charge in [-0.05, 0) is 28.8 Å². The Kier molecular flexibility index (Phi) is 2.69. The molecule has 1 aliphatic rings. The first-order chi connectivity index (χ1) is 8.90. The van der Waals surface area contributed by atoms with E-state index in [4.69, 9.17) is 4.74 Å². The summed E-state index contributed by atoms with van der Waals surface area (Å²) < 4.78 is 5.79. The average molecular weight is 236 g/mol. The maximum atomic E-state index is 10.9. The van der Waals surface area contributed by atoms with Crippen LogP contribution in [0.15, 0.2) is 54.6 Å². The van der Waals surface area contributed by atoms with Crippen LogP contribution in [0.1, 0.15) is 16.7 Å². The van der Waals surface area contributed by atoms with Crippen LogP contribution in [0.4, 0.5) is 0 Å². The predicted octanol–water partition coefficient (Wildman–Crippen LogP) is 3.21. The molecule has 0 amide bonds. The Morgan fingerprint density at radius 3 is 2.50 bits per heavy atom. The summed E-state index contributed by atoms with van der Waals surface area (Å²) in [7, 11) is 0. The van der Waals surface area contributed by atoms with Gasteiger partial charge < -0.3 is 4.74 Å². The highest BCUT2D eigenvalue weighted by molar-refractivity contribution is 5.92. The highest BCUT2D eigenvalue weighted by atomic mass is 16.5. The lowest BCUT2D eigenvalue weighted by Crippen LogP contribution is -1.94. The molecule has 0 fully saturated rings. The number of hydrogen-bond donors (Lipinski definition) is 0. The van der Waals surface area contributed by atoms with Crippen LogP contribution < -0.4 is 4.74 Å². The number of fused-ring (bicyclic) bond motifs is 2. The number of carbonyl (C=O) groups excluding carboxylic acids is 1. The summed E-state index contributed by atoms with van der Waals surface area (Å²) in [5, 5.41) is 0. The number of benzene rings is 2. The van der Waals surface area contributed by atoms with Gasteiger partial charge in [0.05, 0.1) is 0 Å². The molecule has 0 saturated heterocycles. The number of rotatable bonds is 1. The Bertz CT molecular complexity index is 577. The lowest BCUT2D eigenvalue weighted by Gasteiger charge is -2.08. The van der Waals surface area contributed by atoms with Crippen LogP contribution in [0.2, 0.25) is 0 Å². The molecule has 1 aliphatic heterocycles. The summed E-state index contributed by atoms with van der Waals surface area (Å²) in [5.41, 5.74) is 4.06. The quantitative estimate of drug-likeness (QED) is 0.561.